The van der Waals surface area contributed by atoms with Gasteiger partial charge in [0.25, 0.3) is 5.91 Å². The van der Waals surface area contributed by atoms with Crippen LogP contribution in [0.25, 0.3) is 22.2 Å². The smallest absolute Gasteiger partial charge is 0.251 e. The van der Waals surface area contributed by atoms with Gasteiger partial charge in [0.05, 0.1) is 36.5 Å². The monoisotopic (exact) mass is 548 g/mol. The zero-order chi connectivity index (χ0) is 27.3. The lowest BCUT2D eigenvalue weighted by Crippen LogP contribution is -2.57. The predicted octanol–water partition coefficient (Wildman–Crippen LogP) is 5.88. The molecule has 4 aliphatic rings. The normalized spacial score (nSPS) is 25.1. The van der Waals surface area contributed by atoms with E-state index in [1.54, 1.807) is 0 Å². The molecule has 7 nitrogen and oxygen atoms in total. The summed E-state index contributed by atoms with van der Waals surface area (Å²) in [6.45, 7) is 1.78. The highest BCUT2D eigenvalue weighted by Gasteiger charge is 2.46. The molecule has 0 unspecified atom stereocenters. The van der Waals surface area contributed by atoms with Crippen LogP contribution in [0.4, 0.5) is 0 Å². The van der Waals surface area contributed by atoms with Crippen LogP contribution in [0.5, 0.6) is 5.75 Å². The number of nitrogens with one attached hydrogen (secondary N) is 2. The van der Waals surface area contributed by atoms with Crippen molar-refractivity contribution in [1.82, 2.24) is 20.4 Å². The maximum Gasteiger partial charge on any atom is 0.251 e. The van der Waals surface area contributed by atoms with Crippen LogP contribution in [-0.4, -0.2) is 58.4 Å². The summed E-state index contributed by atoms with van der Waals surface area (Å²) in [7, 11) is 0. The summed E-state index contributed by atoms with van der Waals surface area (Å²) in [6.07, 6.45) is 7.31. The highest BCUT2D eigenvalue weighted by molar-refractivity contribution is 6.01. The molecule has 0 radical (unpaired) electrons. The minimum absolute atomic E-state index is 0.0467. The van der Waals surface area contributed by atoms with Crippen LogP contribution >= 0.6 is 0 Å². The second-order valence-electron chi connectivity index (χ2n) is 12.3. The molecule has 4 aromatic rings. The van der Waals surface area contributed by atoms with Crippen LogP contribution in [-0.2, 0) is 4.74 Å². The van der Waals surface area contributed by atoms with Crippen molar-refractivity contribution in [3.8, 4) is 17.0 Å². The van der Waals surface area contributed by atoms with Gasteiger partial charge in [0.2, 0.25) is 0 Å². The quantitative estimate of drug-likeness (QED) is 0.287. The number of carbonyl (C=O) groups excluding carboxylic acids is 1. The topological polar surface area (TPSA) is 79.5 Å². The first-order valence-electron chi connectivity index (χ1n) is 15.2. The summed E-state index contributed by atoms with van der Waals surface area (Å²) < 4.78 is 11.9. The number of carbonyl (C=O) groups is 1. The number of aromatic nitrogens is 2. The Labute approximate surface area is 240 Å². The molecule has 1 aromatic heterocycles. The number of ether oxygens (including phenoxy) is 2. The number of aromatic amines is 1. The number of rotatable bonds is 8. The number of benzene rings is 3. The molecule has 1 amide bonds. The molecule has 1 aliphatic carbocycles. The summed E-state index contributed by atoms with van der Waals surface area (Å²) in [5.41, 5.74) is 4.58. The molecule has 4 heterocycles. The second kappa shape index (κ2) is 10.3. The summed E-state index contributed by atoms with van der Waals surface area (Å²) >= 11 is 0. The molecule has 3 saturated heterocycles. The van der Waals surface area contributed by atoms with Crippen LogP contribution in [0.15, 0.2) is 72.8 Å². The highest BCUT2D eigenvalue weighted by Crippen LogP contribution is 2.42. The van der Waals surface area contributed by atoms with Gasteiger partial charge >= 0.3 is 0 Å². The number of fused-ring (bicyclic) bond motifs is 3. The van der Waals surface area contributed by atoms with Crippen LogP contribution in [0.2, 0.25) is 0 Å². The zero-order valence-electron chi connectivity index (χ0n) is 23.2. The Hall–Kier alpha value is -3.68. The van der Waals surface area contributed by atoms with Crippen molar-refractivity contribution < 1.29 is 14.3 Å². The van der Waals surface area contributed by atoms with Gasteiger partial charge < -0.3 is 14.8 Å². The van der Waals surface area contributed by atoms with Crippen LogP contribution in [0.1, 0.15) is 60.5 Å². The van der Waals surface area contributed by atoms with E-state index in [9.17, 15) is 4.79 Å². The van der Waals surface area contributed by atoms with Crippen molar-refractivity contribution in [1.29, 1.82) is 0 Å². The molecule has 0 spiro atoms. The van der Waals surface area contributed by atoms with E-state index in [2.05, 4.69) is 56.8 Å². The van der Waals surface area contributed by atoms with E-state index < -0.39 is 0 Å². The Morgan fingerprint density at radius 1 is 0.927 bits per heavy atom. The van der Waals surface area contributed by atoms with Gasteiger partial charge in [-0.05, 0) is 92.5 Å². The van der Waals surface area contributed by atoms with E-state index >= 15 is 0 Å². The van der Waals surface area contributed by atoms with Gasteiger partial charge in [-0.2, -0.15) is 5.10 Å². The average Bonchev–Trinajstić information content (AvgIpc) is 3.68. The molecule has 4 atom stereocenters. The first kappa shape index (κ1) is 25.1. The number of nitrogens with zero attached hydrogens (tertiary/aromatic N) is 2. The van der Waals surface area contributed by atoms with E-state index in [4.69, 9.17) is 9.47 Å². The van der Waals surface area contributed by atoms with E-state index in [1.807, 2.05) is 36.4 Å². The Balaban J connectivity index is 0.970. The van der Waals surface area contributed by atoms with E-state index in [-0.39, 0.29) is 18.1 Å². The van der Waals surface area contributed by atoms with E-state index in [0.29, 0.717) is 29.6 Å². The molecule has 8 rings (SSSR count). The number of amides is 1. The van der Waals surface area contributed by atoms with Gasteiger partial charge in [-0.3, -0.25) is 14.8 Å². The first-order valence-corrected chi connectivity index (χ1v) is 15.2. The zero-order valence-corrected chi connectivity index (χ0v) is 23.2. The lowest BCUT2D eigenvalue weighted by molar-refractivity contribution is -0.102. The molecule has 1 saturated carbocycles. The second-order valence-corrected chi connectivity index (χ2v) is 12.3. The highest BCUT2D eigenvalue weighted by atomic mass is 16.5. The Morgan fingerprint density at radius 2 is 1.68 bits per heavy atom. The summed E-state index contributed by atoms with van der Waals surface area (Å²) in [5.74, 6) is 1.37. The van der Waals surface area contributed by atoms with E-state index in [1.165, 1.54) is 18.4 Å². The molecule has 7 heteroatoms. The lowest BCUT2D eigenvalue weighted by atomic mass is 9.96. The molecule has 3 aromatic carbocycles. The third kappa shape index (κ3) is 4.81. The van der Waals surface area contributed by atoms with Gasteiger partial charge in [0.1, 0.15) is 11.9 Å². The summed E-state index contributed by atoms with van der Waals surface area (Å²) in [5, 5.41) is 12.0. The fourth-order valence-electron chi connectivity index (χ4n) is 7.30. The van der Waals surface area contributed by atoms with Crippen molar-refractivity contribution in [3.05, 3.63) is 83.9 Å². The standard InChI is InChI=1S/C34H36N4O3/c39-34(35-32(22-6-7-22)21-4-2-1-3-5-21)24-10-15-31-30(16-24)33(37-36-31)23-8-13-28(14-9-23)41-29-17-25-11-12-26(18-29)38(25)27-19-40-20-27/h1-5,8-10,13-16,22,25-27,29,32H,6-7,11-12,17-20H2,(H,35,39)(H,36,37)/t25-,26+,29-,32-/m1/s1. The molecule has 210 valence electrons. The maximum atomic E-state index is 13.4. The first-order chi connectivity index (χ1) is 20.2. The third-order valence-corrected chi connectivity index (χ3v) is 9.58. The maximum absolute atomic E-state index is 13.4. The lowest BCUT2D eigenvalue weighted by Gasteiger charge is -2.46. The van der Waals surface area contributed by atoms with Crippen molar-refractivity contribution in [2.45, 2.75) is 68.8 Å². The van der Waals surface area contributed by atoms with Gasteiger partial charge in [0.15, 0.2) is 0 Å². The number of hydrogen-bond donors (Lipinski definition) is 2. The average molecular weight is 549 g/mol. The van der Waals surface area contributed by atoms with Gasteiger partial charge in [-0.1, -0.05) is 30.3 Å². The van der Waals surface area contributed by atoms with E-state index in [0.717, 1.165) is 66.8 Å². The minimum atomic E-state index is -0.0478. The van der Waals surface area contributed by atoms with Gasteiger partial charge in [-0.15, -0.1) is 0 Å². The van der Waals surface area contributed by atoms with Crippen LogP contribution in [0, 0.1) is 5.92 Å². The third-order valence-electron chi connectivity index (χ3n) is 9.58. The Bertz CT molecular complexity index is 1530. The van der Waals surface area contributed by atoms with Crippen molar-refractivity contribution >= 4 is 16.8 Å². The fourth-order valence-corrected chi connectivity index (χ4v) is 7.30. The van der Waals surface area contributed by atoms with Gasteiger partial charge in [-0.25, -0.2) is 0 Å². The molecular formula is C34H36N4O3. The SMILES string of the molecule is O=C(N[C@H](c1ccccc1)C1CC1)c1ccc2[nH]nc(-c3ccc(O[C@@H]4C[C@H]5CC[C@@H](C4)N5C4COC4)cc3)c2c1. The molecule has 2 N–H and O–H groups in total. The minimum Gasteiger partial charge on any atom is -0.490 e. The van der Waals surface area contributed by atoms with Crippen LogP contribution in [0.3, 0.4) is 0 Å². The van der Waals surface area contributed by atoms with Crippen molar-refractivity contribution in [3.63, 3.8) is 0 Å². The van der Waals surface area contributed by atoms with Crippen molar-refractivity contribution in [2.24, 2.45) is 5.92 Å². The largest absolute Gasteiger partial charge is 0.490 e. The van der Waals surface area contributed by atoms with Gasteiger partial charge in [0, 0.05) is 28.6 Å². The number of H-pyrrole nitrogens is 1. The Kier molecular flexibility index (Phi) is 6.30. The summed E-state index contributed by atoms with van der Waals surface area (Å²) in [4.78, 5) is 16.1. The Morgan fingerprint density at radius 3 is 2.37 bits per heavy atom. The number of piperidine rings is 1. The molecule has 2 bridgehead atoms. The number of hydrogen-bond acceptors (Lipinski definition) is 5. The molecule has 41 heavy (non-hydrogen) atoms. The molecular weight excluding hydrogens is 512 g/mol. The summed E-state index contributed by atoms with van der Waals surface area (Å²) in [6, 6.07) is 26.3. The van der Waals surface area contributed by atoms with Crippen LogP contribution < -0.4 is 10.1 Å². The molecule has 3 aliphatic heterocycles. The molecule has 4 fully saturated rings. The fraction of sp³-hybridized carbons (Fsp3) is 0.412. The van der Waals surface area contributed by atoms with Crippen molar-refractivity contribution in [2.75, 3.05) is 13.2 Å². The predicted molar refractivity (Wildman–Crippen MR) is 158 cm³/mol.